The highest BCUT2D eigenvalue weighted by molar-refractivity contribution is 7.89. The van der Waals surface area contributed by atoms with E-state index in [4.69, 9.17) is 9.47 Å². The number of hydrogen-bond acceptors (Lipinski definition) is 6. The van der Waals surface area contributed by atoms with Gasteiger partial charge in [-0.2, -0.15) is 4.31 Å². The number of nitrogens with zero attached hydrogens (tertiary/aromatic N) is 3. The first kappa shape index (κ1) is 22.2. The minimum absolute atomic E-state index is 0.141. The first-order chi connectivity index (χ1) is 16.0. The molecule has 0 bridgehead atoms. The van der Waals surface area contributed by atoms with E-state index < -0.39 is 10.0 Å². The molecule has 5 rings (SSSR count). The van der Waals surface area contributed by atoms with Gasteiger partial charge in [0.1, 0.15) is 0 Å². The van der Waals surface area contributed by atoms with E-state index in [9.17, 15) is 13.2 Å². The number of carbonyl (C=O) groups excluding carboxylic acids is 1. The Balaban J connectivity index is 1.24. The zero-order chi connectivity index (χ0) is 22.8. The molecule has 0 unspecified atom stereocenters. The van der Waals surface area contributed by atoms with Gasteiger partial charge in [-0.3, -0.25) is 9.78 Å². The fourth-order valence-corrected chi connectivity index (χ4v) is 5.97. The van der Waals surface area contributed by atoms with Crippen molar-refractivity contribution >= 4 is 15.9 Å². The summed E-state index contributed by atoms with van der Waals surface area (Å²) in [6, 6.07) is 8.96. The molecule has 33 heavy (non-hydrogen) atoms. The zero-order valence-corrected chi connectivity index (χ0v) is 19.4. The number of rotatable bonds is 6. The van der Waals surface area contributed by atoms with Crippen LogP contribution in [0, 0.1) is 5.92 Å². The van der Waals surface area contributed by atoms with Crippen LogP contribution in [0.5, 0.6) is 11.5 Å². The number of fused-ring (bicyclic) bond motifs is 1. The van der Waals surface area contributed by atoms with E-state index in [-0.39, 0.29) is 16.7 Å². The number of aromatic nitrogens is 1. The predicted octanol–water partition coefficient (Wildman–Crippen LogP) is 2.83. The van der Waals surface area contributed by atoms with Crippen LogP contribution in [0.15, 0.2) is 47.6 Å². The van der Waals surface area contributed by atoms with E-state index in [1.165, 1.54) is 4.31 Å². The van der Waals surface area contributed by atoms with Crippen molar-refractivity contribution in [2.45, 2.75) is 49.6 Å². The van der Waals surface area contributed by atoms with Gasteiger partial charge >= 0.3 is 0 Å². The number of benzene rings is 1. The largest absolute Gasteiger partial charge is 0.490 e. The summed E-state index contributed by atoms with van der Waals surface area (Å²) in [6.07, 6.45) is 7.38. The Morgan fingerprint density at radius 3 is 2.39 bits per heavy atom. The van der Waals surface area contributed by atoms with Crippen molar-refractivity contribution in [1.29, 1.82) is 0 Å². The first-order valence-electron chi connectivity index (χ1n) is 11.6. The van der Waals surface area contributed by atoms with Crippen molar-refractivity contribution in [1.82, 2.24) is 14.2 Å². The zero-order valence-electron chi connectivity index (χ0n) is 18.6. The summed E-state index contributed by atoms with van der Waals surface area (Å²) in [5.41, 5.74) is 1.07. The summed E-state index contributed by atoms with van der Waals surface area (Å²) in [6.45, 7) is 2.31. The maximum Gasteiger partial charge on any atom is 0.243 e. The lowest BCUT2D eigenvalue weighted by molar-refractivity contribution is -0.138. The molecule has 1 amide bonds. The Bertz CT molecular complexity index is 1100. The van der Waals surface area contributed by atoms with Crippen LogP contribution in [-0.4, -0.2) is 60.9 Å². The molecule has 1 saturated carbocycles. The van der Waals surface area contributed by atoms with Crippen molar-refractivity contribution in [3.05, 3.63) is 48.3 Å². The van der Waals surface area contributed by atoms with Crippen LogP contribution >= 0.6 is 0 Å². The molecule has 8 nitrogen and oxygen atoms in total. The summed E-state index contributed by atoms with van der Waals surface area (Å²) < 4.78 is 39.3. The normalized spacial score (nSPS) is 19.6. The van der Waals surface area contributed by atoms with Gasteiger partial charge < -0.3 is 14.4 Å². The minimum Gasteiger partial charge on any atom is -0.490 e. The third kappa shape index (κ3) is 4.84. The molecule has 3 heterocycles. The van der Waals surface area contributed by atoms with Crippen molar-refractivity contribution in [3.8, 4) is 11.5 Å². The van der Waals surface area contributed by atoms with E-state index in [2.05, 4.69) is 4.98 Å². The standard InChI is InChI=1S/C24H29N3O5S/c28-24(27(20-2-3-20)17-18-6-10-25-11-7-18)19-8-12-26(13-9-19)33(29,30)21-4-5-22-23(16-21)32-15-1-14-31-22/h4-7,10-11,16,19-20H,1-3,8-9,12-15,17H2. The topological polar surface area (TPSA) is 89.0 Å². The number of piperidine rings is 1. The molecule has 2 aromatic rings. The Morgan fingerprint density at radius 1 is 1.00 bits per heavy atom. The molecule has 0 radical (unpaired) electrons. The van der Waals surface area contributed by atoms with Crippen molar-refractivity contribution in [2.24, 2.45) is 5.92 Å². The Morgan fingerprint density at radius 2 is 1.70 bits per heavy atom. The number of pyridine rings is 1. The third-order valence-electron chi connectivity index (χ3n) is 6.53. The van der Waals surface area contributed by atoms with Gasteiger partial charge in [0, 0.05) is 56.5 Å². The summed E-state index contributed by atoms with van der Waals surface area (Å²) >= 11 is 0. The molecule has 2 fully saturated rings. The first-order valence-corrected chi connectivity index (χ1v) is 13.1. The predicted molar refractivity (Wildman–Crippen MR) is 121 cm³/mol. The average molecular weight is 472 g/mol. The van der Waals surface area contributed by atoms with Gasteiger partial charge in [-0.15, -0.1) is 0 Å². The van der Waals surface area contributed by atoms with Gasteiger partial charge in [0.15, 0.2) is 11.5 Å². The van der Waals surface area contributed by atoms with Crippen LogP contribution in [0.3, 0.4) is 0 Å². The van der Waals surface area contributed by atoms with Gasteiger partial charge in [0.2, 0.25) is 15.9 Å². The van der Waals surface area contributed by atoms with E-state index in [0.717, 1.165) is 24.8 Å². The van der Waals surface area contributed by atoms with Crippen LogP contribution in [0.2, 0.25) is 0 Å². The lowest BCUT2D eigenvalue weighted by Crippen LogP contribution is -2.44. The van der Waals surface area contributed by atoms with Gasteiger partial charge in [-0.05, 0) is 55.5 Å². The fourth-order valence-electron chi connectivity index (χ4n) is 4.49. The van der Waals surface area contributed by atoms with Gasteiger partial charge in [-0.25, -0.2) is 8.42 Å². The van der Waals surface area contributed by atoms with Crippen LogP contribution in [0.1, 0.15) is 37.7 Å². The molecule has 0 spiro atoms. The summed E-state index contributed by atoms with van der Waals surface area (Å²) in [4.78, 5) is 19.5. The van der Waals surface area contributed by atoms with E-state index >= 15 is 0 Å². The second-order valence-corrected chi connectivity index (χ2v) is 10.8. The molecule has 0 N–H and O–H groups in total. The molecule has 1 aromatic carbocycles. The van der Waals surface area contributed by atoms with Crippen molar-refractivity contribution in [3.63, 3.8) is 0 Å². The van der Waals surface area contributed by atoms with Crippen LogP contribution in [0.25, 0.3) is 0 Å². The number of ether oxygens (including phenoxy) is 2. The van der Waals surface area contributed by atoms with Crippen molar-refractivity contribution in [2.75, 3.05) is 26.3 Å². The lowest BCUT2D eigenvalue weighted by atomic mass is 9.96. The lowest BCUT2D eigenvalue weighted by Gasteiger charge is -2.34. The third-order valence-corrected chi connectivity index (χ3v) is 8.43. The smallest absolute Gasteiger partial charge is 0.243 e. The molecule has 2 aliphatic heterocycles. The molecule has 3 aliphatic rings. The van der Waals surface area contributed by atoms with Crippen LogP contribution < -0.4 is 9.47 Å². The molecule has 0 atom stereocenters. The highest BCUT2D eigenvalue weighted by Gasteiger charge is 2.38. The summed E-state index contributed by atoms with van der Waals surface area (Å²) in [5, 5.41) is 0. The Hall–Kier alpha value is -2.65. The van der Waals surface area contributed by atoms with E-state index in [1.807, 2.05) is 17.0 Å². The second kappa shape index (κ2) is 9.30. The molecule has 1 saturated heterocycles. The maximum absolute atomic E-state index is 13.3. The fraction of sp³-hybridized carbons (Fsp3) is 0.500. The highest BCUT2D eigenvalue weighted by Crippen LogP contribution is 2.35. The monoisotopic (exact) mass is 471 g/mol. The molecule has 176 valence electrons. The van der Waals surface area contributed by atoms with E-state index in [0.29, 0.717) is 63.2 Å². The second-order valence-electron chi connectivity index (χ2n) is 8.89. The number of hydrogen-bond donors (Lipinski definition) is 0. The average Bonchev–Trinajstić information content (AvgIpc) is 3.70. The Kier molecular flexibility index (Phi) is 6.25. The van der Waals surface area contributed by atoms with Crippen LogP contribution in [0.4, 0.5) is 0 Å². The Labute approximate surface area is 194 Å². The van der Waals surface area contributed by atoms with Gasteiger partial charge in [0.25, 0.3) is 0 Å². The summed E-state index contributed by atoms with van der Waals surface area (Å²) in [5.74, 6) is 1.03. The van der Waals surface area contributed by atoms with Crippen LogP contribution in [-0.2, 0) is 21.4 Å². The molecular formula is C24H29N3O5S. The molecular weight excluding hydrogens is 442 g/mol. The van der Waals surface area contributed by atoms with E-state index in [1.54, 1.807) is 30.6 Å². The number of sulfonamides is 1. The number of carbonyl (C=O) groups is 1. The maximum atomic E-state index is 13.3. The summed E-state index contributed by atoms with van der Waals surface area (Å²) in [7, 11) is -3.66. The van der Waals surface area contributed by atoms with Gasteiger partial charge in [0.05, 0.1) is 18.1 Å². The highest BCUT2D eigenvalue weighted by atomic mass is 32.2. The van der Waals surface area contributed by atoms with Crippen molar-refractivity contribution < 1.29 is 22.7 Å². The molecule has 9 heteroatoms. The number of amides is 1. The minimum atomic E-state index is -3.66. The quantitative estimate of drug-likeness (QED) is 0.644. The van der Waals surface area contributed by atoms with Gasteiger partial charge in [-0.1, -0.05) is 0 Å². The SMILES string of the molecule is O=C(C1CCN(S(=O)(=O)c2ccc3c(c2)OCCCO3)CC1)N(Cc1ccncc1)C1CC1. The molecule has 1 aromatic heterocycles. The molecule has 1 aliphatic carbocycles.